The van der Waals surface area contributed by atoms with E-state index in [2.05, 4.69) is 34.5 Å². The third kappa shape index (κ3) is 5.82. The Balaban J connectivity index is 0.00000264. The van der Waals surface area contributed by atoms with Gasteiger partial charge in [-0.3, -0.25) is 0 Å². The first-order chi connectivity index (χ1) is 10.7. The van der Waals surface area contributed by atoms with Crippen molar-refractivity contribution in [3.05, 3.63) is 23.9 Å². The summed E-state index contributed by atoms with van der Waals surface area (Å²) in [5.74, 6) is 1.50. The van der Waals surface area contributed by atoms with Crippen LogP contribution < -0.4 is 15.4 Å². The van der Waals surface area contributed by atoms with Crippen LogP contribution in [0.1, 0.15) is 45.2 Å². The van der Waals surface area contributed by atoms with Crippen LogP contribution in [0.15, 0.2) is 23.2 Å². The Morgan fingerprint density at radius 1 is 1.30 bits per heavy atom. The van der Waals surface area contributed by atoms with Crippen LogP contribution >= 0.6 is 24.0 Å². The molecule has 0 atom stereocenters. The van der Waals surface area contributed by atoms with E-state index in [1.165, 1.54) is 25.7 Å². The SMILES string of the molecule is CCNC(=NCc1cccc(OC)n1)NCC1(CC)CCC1.I. The average Bonchev–Trinajstić information content (AvgIpc) is 2.52. The number of methoxy groups -OCH3 is 1. The molecule has 1 heterocycles. The van der Waals surface area contributed by atoms with Gasteiger partial charge in [0, 0.05) is 19.2 Å². The molecular weight excluding hydrogens is 403 g/mol. The molecule has 5 nitrogen and oxygen atoms in total. The first kappa shape index (κ1) is 20.0. The normalized spacial score (nSPS) is 16.0. The molecule has 6 heteroatoms. The largest absolute Gasteiger partial charge is 0.481 e. The van der Waals surface area contributed by atoms with Crippen molar-refractivity contribution in [1.29, 1.82) is 0 Å². The van der Waals surface area contributed by atoms with Crippen molar-refractivity contribution in [3.63, 3.8) is 0 Å². The van der Waals surface area contributed by atoms with Gasteiger partial charge in [-0.1, -0.05) is 19.4 Å². The standard InChI is InChI=1S/C17H28N4O.HI/c1-4-17(10-7-11-17)13-20-16(18-5-2)19-12-14-8-6-9-15(21-14)22-3;/h6,8-9H,4-5,7,10-13H2,1-3H3,(H2,18,19,20);1H. The maximum Gasteiger partial charge on any atom is 0.213 e. The summed E-state index contributed by atoms with van der Waals surface area (Å²) in [5, 5.41) is 6.80. The number of nitrogens with one attached hydrogen (secondary N) is 2. The molecule has 0 saturated heterocycles. The number of aliphatic imine (C=N–C) groups is 1. The molecule has 0 spiro atoms. The Morgan fingerprint density at radius 3 is 2.65 bits per heavy atom. The summed E-state index contributed by atoms with van der Waals surface area (Å²) < 4.78 is 5.15. The number of halogens is 1. The van der Waals surface area contributed by atoms with Gasteiger partial charge in [-0.15, -0.1) is 24.0 Å². The highest BCUT2D eigenvalue weighted by atomic mass is 127. The number of nitrogens with zero attached hydrogens (tertiary/aromatic N) is 2. The van der Waals surface area contributed by atoms with Gasteiger partial charge >= 0.3 is 0 Å². The Kier molecular flexibility index (Phi) is 8.65. The number of rotatable bonds is 7. The second-order valence-corrected chi connectivity index (χ2v) is 5.93. The topological polar surface area (TPSA) is 58.5 Å². The summed E-state index contributed by atoms with van der Waals surface area (Å²) in [6, 6.07) is 5.75. The van der Waals surface area contributed by atoms with Gasteiger partial charge in [-0.25, -0.2) is 9.98 Å². The molecule has 1 aliphatic rings. The van der Waals surface area contributed by atoms with Crippen LogP contribution in [0.5, 0.6) is 5.88 Å². The van der Waals surface area contributed by atoms with Gasteiger partial charge in [0.15, 0.2) is 5.96 Å². The summed E-state index contributed by atoms with van der Waals surface area (Å²) in [7, 11) is 1.63. The maximum atomic E-state index is 5.15. The molecule has 0 bridgehead atoms. The lowest BCUT2D eigenvalue weighted by molar-refractivity contribution is 0.131. The first-order valence-corrected chi connectivity index (χ1v) is 8.23. The molecule has 1 fully saturated rings. The van der Waals surface area contributed by atoms with Gasteiger partial charge in [-0.2, -0.15) is 0 Å². The van der Waals surface area contributed by atoms with E-state index in [9.17, 15) is 0 Å². The quantitative estimate of drug-likeness (QED) is 0.394. The van der Waals surface area contributed by atoms with Crippen molar-refractivity contribution in [3.8, 4) is 5.88 Å². The van der Waals surface area contributed by atoms with E-state index >= 15 is 0 Å². The molecule has 2 rings (SSSR count). The van der Waals surface area contributed by atoms with E-state index in [1.807, 2.05) is 18.2 Å². The average molecular weight is 432 g/mol. The molecule has 0 aromatic carbocycles. The van der Waals surface area contributed by atoms with Crippen LogP contribution in [0.25, 0.3) is 0 Å². The number of ether oxygens (including phenoxy) is 1. The van der Waals surface area contributed by atoms with Gasteiger partial charge < -0.3 is 15.4 Å². The number of hydrogen-bond acceptors (Lipinski definition) is 3. The molecule has 1 aromatic heterocycles. The lowest BCUT2D eigenvalue weighted by Gasteiger charge is -2.41. The molecule has 1 aromatic rings. The monoisotopic (exact) mass is 432 g/mol. The summed E-state index contributed by atoms with van der Waals surface area (Å²) >= 11 is 0. The zero-order valence-corrected chi connectivity index (χ0v) is 16.7. The fourth-order valence-corrected chi connectivity index (χ4v) is 2.76. The molecule has 23 heavy (non-hydrogen) atoms. The van der Waals surface area contributed by atoms with Crippen molar-refractivity contribution < 1.29 is 4.74 Å². The molecule has 1 saturated carbocycles. The summed E-state index contributed by atoms with van der Waals surface area (Å²) in [6.45, 7) is 6.77. The highest BCUT2D eigenvalue weighted by Crippen LogP contribution is 2.42. The Labute approximate surface area is 156 Å². The molecule has 0 radical (unpaired) electrons. The van der Waals surface area contributed by atoms with E-state index in [-0.39, 0.29) is 24.0 Å². The van der Waals surface area contributed by atoms with Crippen molar-refractivity contribution in [2.45, 2.75) is 46.1 Å². The number of guanidine groups is 1. The smallest absolute Gasteiger partial charge is 0.213 e. The molecule has 0 unspecified atom stereocenters. The van der Waals surface area contributed by atoms with Gasteiger partial charge in [-0.05, 0) is 37.7 Å². The van der Waals surface area contributed by atoms with Gasteiger partial charge in [0.05, 0.1) is 19.3 Å². The van der Waals surface area contributed by atoms with Crippen LogP contribution in [0.3, 0.4) is 0 Å². The van der Waals surface area contributed by atoms with Crippen LogP contribution in [0.2, 0.25) is 0 Å². The third-order valence-electron chi connectivity index (χ3n) is 4.53. The minimum atomic E-state index is 0. The van der Waals surface area contributed by atoms with Gasteiger partial charge in [0.1, 0.15) is 0 Å². The van der Waals surface area contributed by atoms with Crippen LogP contribution in [0, 0.1) is 5.41 Å². The van der Waals surface area contributed by atoms with Crippen LogP contribution in [0.4, 0.5) is 0 Å². The van der Waals surface area contributed by atoms with E-state index in [4.69, 9.17) is 4.74 Å². The zero-order chi connectivity index (χ0) is 15.8. The maximum absolute atomic E-state index is 5.15. The highest BCUT2D eigenvalue weighted by Gasteiger charge is 2.34. The van der Waals surface area contributed by atoms with Crippen LogP contribution in [-0.4, -0.2) is 31.1 Å². The molecular formula is C17H29IN4O. The molecule has 0 amide bonds. The first-order valence-electron chi connectivity index (χ1n) is 8.23. The molecule has 130 valence electrons. The van der Waals surface area contributed by atoms with E-state index in [0.29, 0.717) is 17.8 Å². The Morgan fingerprint density at radius 2 is 2.09 bits per heavy atom. The fraction of sp³-hybridized carbons (Fsp3) is 0.647. The van der Waals surface area contributed by atoms with Crippen LogP contribution in [-0.2, 0) is 6.54 Å². The second-order valence-electron chi connectivity index (χ2n) is 5.93. The summed E-state index contributed by atoms with van der Waals surface area (Å²) in [4.78, 5) is 9.02. The predicted molar refractivity (Wildman–Crippen MR) is 106 cm³/mol. The summed E-state index contributed by atoms with van der Waals surface area (Å²) in [5.41, 5.74) is 1.38. The molecule has 0 aliphatic heterocycles. The van der Waals surface area contributed by atoms with Crippen molar-refractivity contribution in [2.24, 2.45) is 10.4 Å². The minimum Gasteiger partial charge on any atom is -0.481 e. The predicted octanol–water partition coefficient (Wildman–Crippen LogP) is 3.34. The van der Waals surface area contributed by atoms with Crippen molar-refractivity contribution >= 4 is 29.9 Å². The van der Waals surface area contributed by atoms with Crippen molar-refractivity contribution in [2.75, 3.05) is 20.2 Å². The number of aromatic nitrogens is 1. The summed E-state index contributed by atoms with van der Waals surface area (Å²) in [6.07, 6.45) is 5.24. The Bertz CT molecular complexity index is 498. The van der Waals surface area contributed by atoms with Crippen molar-refractivity contribution in [1.82, 2.24) is 15.6 Å². The second kappa shape index (κ2) is 9.95. The highest BCUT2D eigenvalue weighted by molar-refractivity contribution is 14.0. The lowest BCUT2D eigenvalue weighted by Crippen LogP contribution is -2.46. The third-order valence-corrected chi connectivity index (χ3v) is 4.53. The number of hydrogen-bond donors (Lipinski definition) is 2. The van der Waals surface area contributed by atoms with E-state index in [1.54, 1.807) is 7.11 Å². The van der Waals surface area contributed by atoms with Gasteiger partial charge in [0.2, 0.25) is 5.88 Å². The fourth-order valence-electron chi connectivity index (χ4n) is 2.76. The van der Waals surface area contributed by atoms with E-state index in [0.717, 1.165) is 24.7 Å². The van der Waals surface area contributed by atoms with E-state index < -0.39 is 0 Å². The Hall–Kier alpha value is -1.05. The minimum absolute atomic E-state index is 0. The number of pyridine rings is 1. The zero-order valence-electron chi connectivity index (χ0n) is 14.4. The lowest BCUT2D eigenvalue weighted by atomic mass is 9.67. The molecule has 2 N–H and O–H groups in total. The van der Waals surface area contributed by atoms with Gasteiger partial charge in [0.25, 0.3) is 0 Å². The molecule has 1 aliphatic carbocycles.